The van der Waals surface area contributed by atoms with E-state index in [1.54, 1.807) is 17.5 Å². The predicted octanol–water partition coefficient (Wildman–Crippen LogP) is 2.07. The van der Waals surface area contributed by atoms with Crippen LogP contribution in [0.3, 0.4) is 0 Å². The summed E-state index contributed by atoms with van der Waals surface area (Å²) < 4.78 is 0. The number of hydrogen-bond acceptors (Lipinski definition) is 3. The van der Waals surface area contributed by atoms with Gasteiger partial charge in [-0.2, -0.15) is 0 Å². The van der Waals surface area contributed by atoms with Crippen molar-refractivity contribution in [2.24, 2.45) is 0 Å². The molecule has 0 radical (unpaired) electrons. The molecule has 0 spiro atoms. The van der Waals surface area contributed by atoms with Crippen LogP contribution in [0.25, 0.3) is 0 Å². The molecule has 0 aromatic heterocycles. The van der Waals surface area contributed by atoms with Crippen molar-refractivity contribution in [1.29, 1.82) is 0 Å². The molecule has 0 saturated heterocycles. The summed E-state index contributed by atoms with van der Waals surface area (Å²) in [6.45, 7) is -0.0327. The van der Waals surface area contributed by atoms with Crippen molar-refractivity contribution < 1.29 is 9.90 Å². The normalized spacial score (nSPS) is 10.5. The number of aliphatic hydroxyl groups is 1. The molecule has 0 atom stereocenters. The van der Waals surface area contributed by atoms with Crippen LogP contribution in [0.1, 0.15) is 10.4 Å². The highest BCUT2D eigenvalue weighted by Crippen LogP contribution is 2.12. The van der Waals surface area contributed by atoms with Crippen molar-refractivity contribution in [3.05, 3.63) is 47.4 Å². The maximum Gasteiger partial charge on any atom is 0.223 e. The van der Waals surface area contributed by atoms with Crippen LogP contribution >= 0.6 is 11.8 Å². The first-order chi connectivity index (χ1) is 6.34. The Bertz CT molecular complexity index is 293. The van der Waals surface area contributed by atoms with Crippen molar-refractivity contribution in [3.8, 4) is 0 Å². The largest absolute Gasteiger partial charge is 0.392 e. The lowest BCUT2D eigenvalue weighted by Gasteiger charge is -1.94. The zero-order valence-corrected chi connectivity index (χ0v) is 7.83. The number of thioether (sulfide) groups is 1. The van der Waals surface area contributed by atoms with E-state index in [4.69, 9.17) is 5.11 Å². The molecule has 0 unspecified atom stereocenters. The first-order valence-corrected chi connectivity index (χ1v) is 4.74. The summed E-state index contributed by atoms with van der Waals surface area (Å²) in [5.41, 5.74) is 0.676. The Labute approximate surface area is 81.3 Å². The van der Waals surface area contributed by atoms with E-state index in [2.05, 4.69) is 0 Å². The summed E-state index contributed by atoms with van der Waals surface area (Å²) >= 11 is 1.07. The van der Waals surface area contributed by atoms with Crippen LogP contribution in [0.4, 0.5) is 0 Å². The van der Waals surface area contributed by atoms with Gasteiger partial charge in [0.25, 0.3) is 0 Å². The third kappa shape index (κ3) is 3.44. The van der Waals surface area contributed by atoms with Gasteiger partial charge in [0.05, 0.1) is 6.61 Å². The van der Waals surface area contributed by atoms with E-state index in [0.29, 0.717) is 5.56 Å². The summed E-state index contributed by atoms with van der Waals surface area (Å²) in [5.74, 6) is 0. The Kier molecular flexibility index (Phi) is 4.29. The summed E-state index contributed by atoms with van der Waals surface area (Å²) in [7, 11) is 0. The third-order valence-corrected chi connectivity index (χ3v) is 2.16. The molecule has 1 rings (SSSR count). The summed E-state index contributed by atoms with van der Waals surface area (Å²) in [6, 6.07) is 9.04. The quantitative estimate of drug-likeness (QED) is 0.800. The van der Waals surface area contributed by atoms with E-state index < -0.39 is 0 Å². The Hall–Kier alpha value is -1.06. The van der Waals surface area contributed by atoms with Gasteiger partial charge < -0.3 is 5.11 Å². The van der Waals surface area contributed by atoms with Gasteiger partial charge in [-0.05, 0) is 5.41 Å². The highest BCUT2D eigenvalue weighted by molar-refractivity contribution is 8.16. The molecule has 0 aliphatic heterocycles. The molecule has 1 aromatic carbocycles. The van der Waals surface area contributed by atoms with Crippen LogP contribution in [0.2, 0.25) is 0 Å². The summed E-state index contributed by atoms with van der Waals surface area (Å²) in [5, 5.41) is 10.0. The molecule has 0 heterocycles. The standard InChI is InChI=1S/C10H10O2S/c11-7-4-8-13-10(12)9-5-2-1-3-6-9/h1-6,8,11H,7H2/b8-4+. The lowest BCUT2D eigenvalue weighted by atomic mass is 10.2. The molecule has 0 amide bonds. The maximum absolute atomic E-state index is 11.3. The zero-order chi connectivity index (χ0) is 9.52. The molecule has 0 saturated carbocycles. The lowest BCUT2D eigenvalue weighted by Crippen LogP contribution is -1.89. The van der Waals surface area contributed by atoms with Gasteiger partial charge in [-0.1, -0.05) is 48.2 Å². The molecular weight excluding hydrogens is 184 g/mol. The minimum Gasteiger partial charge on any atom is -0.392 e. The second kappa shape index (κ2) is 5.56. The Morgan fingerprint density at radius 1 is 1.38 bits per heavy atom. The van der Waals surface area contributed by atoms with Crippen molar-refractivity contribution in [2.75, 3.05) is 6.61 Å². The van der Waals surface area contributed by atoms with Gasteiger partial charge in [0, 0.05) is 5.56 Å². The van der Waals surface area contributed by atoms with Crippen molar-refractivity contribution in [2.45, 2.75) is 0 Å². The van der Waals surface area contributed by atoms with Crippen LogP contribution in [0.5, 0.6) is 0 Å². The van der Waals surface area contributed by atoms with Crippen molar-refractivity contribution in [3.63, 3.8) is 0 Å². The van der Waals surface area contributed by atoms with Gasteiger partial charge in [0.2, 0.25) is 5.12 Å². The monoisotopic (exact) mass is 194 g/mol. The van der Waals surface area contributed by atoms with Crippen LogP contribution in [-0.4, -0.2) is 16.8 Å². The van der Waals surface area contributed by atoms with Crippen molar-refractivity contribution in [1.82, 2.24) is 0 Å². The van der Waals surface area contributed by atoms with Crippen LogP contribution in [0.15, 0.2) is 41.8 Å². The molecule has 3 heteroatoms. The predicted molar refractivity (Wildman–Crippen MR) is 54.6 cm³/mol. The smallest absolute Gasteiger partial charge is 0.223 e. The fraction of sp³-hybridized carbons (Fsp3) is 0.100. The first kappa shape index (κ1) is 10.0. The maximum atomic E-state index is 11.3. The van der Waals surface area contributed by atoms with Gasteiger partial charge >= 0.3 is 0 Å². The molecule has 1 aromatic rings. The lowest BCUT2D eigenvalue weighted by molar-refractivity contribution is 0.109. The average Bonchev–Trinajstić information content (AvgIpc) is 2.19. The van der Waals surface area contributed by atoms with Crippen molar-refractivity contribution >= 4 is 16.9 Å². The van der Waals surface area contributed by atoms with E-state index in [1.165, 1.54) is 6.08 Å². The second-order valence-electron chi connectivity index (χ2n) is 2.33. The first-order valence-electron chi connectivity index (χ1n) is 3.86. The zero-order valence-electron chi connectivity index (χ0n) is 7.01. The minimum absolute atomic E-state index is 0.00898. The summed E-state index contributed by atoms with van der Waals surface area (Å²) in [6.07, 6.45) is 1.53. The van der Waals surface area contributed by atoms with Gasteiger partial charge in [-0.25, -0.2) is 0 Å². The third-order valence-electron chi connectivity index (χ3n) is 1.39. The molecular formula is C10H10O2S. The number of hydrogen-bond donors (Lipinski definition) is 1. The average molecular weight is 194 g/mol. The van der Waals surface area contributed by atoms with Crippen LogP contribution in [0, 0.1) is 0 Å². The second-order valence-corrected chi connectivity index (χ2v) is 3.20. The van der Waals surface area contributed by atoms with Gasteiger partial charge in [-0.15, -0.1) is 0 Å². The van der Waals surface area contributed by atoms with E-state index in [1.807, 2.05) is 18.2 Å². The van der Waals surface area contributed by atoms with E-state index in [9.17, 15) is 4.79 Å². The Morgan fingerprint density at radius 3 is 2.69 bits per heavy atom. The van der Waals surface area contributed by atoms with E-state index in [0.717, 1.165) is 11.8 Å². The topological polar surface area (TPSA) is 37.3 Å². The molecule has 0 bridgehead atoms. The Morgan fingerprint density at radius 2 is 2.08 bits per heavy atom. The number of carbonyl (C=O) groups is 1. The van der Waals surface area contributed by atoms with Crippen LogP contribution in [-0.2, 0) is 0 Å². The number of rotatable bonds is 3. The fourth-order valence-corrected chi connectivity index (χ4v) is 1.37. The van der Waals surface area contributed by atoms with E-state index >= 15 is 0 Å². The van der Waals surface area contributed by atoms with E-state index in [-0.39, 0.29) is 11.7 Å². The Balaban J connectivity index is 2.54. The minimum atomic E-state index is -0.0327. The molecule has 0 fully saturated rings. The molecule has 13 heavy (non-hydrogen) atoms. The molecule has 0 aliphatic carbocycles. The fourth-order valence-electron chi connectivity index (χ4n) is 0.795. The SMILES string of the molecule is O=C(S/C=C/CO)c1ccccc1. The number of carbonyl (C=O) groups excluding carboxylic acids is 1. The highest BCUT2D eigenvalue weighted by atomic mass is 32.2. The molecule has 2 nitrogen and oxygen atoms in total. The molecule has 1 N–H and O–H groups in total. The van der Waals surface area contributed by atoms with Crippen LogP contribution < -0.4 is 0 Å². The highest BCUT2D eigenvalue weighted by Gasteiger charge is 2.01. The van der Waals surface area contributed by atoms with Gasteiger partial charge in [-0.3, -0.25) is 4.79 Å². The molecule has 68 valence electrons. The van der Waals surface area contributed by atoms with Gasteiger partial charge in [0.15, 0.2) is 0 Å². The number of benzene rings is 1. The summed E-state index contributed by atoms with van der Waals surface area (Å²) in [4.78, 5) is 11.3. The number of aliphatic hydroxyl groups excluding tert-OH is 1. The van der Waals surface area contributed by atoms with Gasteiger partial charge in [0.1, 0.15) is 0 Å². The molecule has 0 aliphatic rings.